The topological polar surface area (TPSA) is 75.7 Å². The summed E-state index contributed by atoms with van der Waals surface area (Å²) in [5.41, 5.74) is 2.04. The molecule has 0 fully saturated rings. The number of rotatable bonds is 7. The van der Waals surface area contributed by atoms with Crippen molar-refractivity contribution in [3.63, 3.8) is 0 Å². The number of sulfonamides is 1. The fraction of sp³-hybridized carbons (Fsp3) is 0.316. The van der Waals surface area contributed by atoms with Gasteiger partial charge in [-0.1, -0.05) is 12.1 Å². The molecule has 0 radical (unpaired) electrons. The Morgan fingerprint density at radius 1 is 1.15 bits per heavy atom. The number of amides is 1. The molecule has 0 bridgehead atoms. The van der Waals surface area contributed by atoms with E-state index >= 15 is 0 Å². The lowest BCUT2D eigenvalue weighted by atomic mass is 10.2. The van der Waals surface area contributed by atoms with Gasteiger partial charge in [-0.3, -0.25) is 9.10 Å². The molecule has 0 atom stereocenters. The summed E-state index contributed by atoms with van der Waals surface area (Å²) in [7, 11) is -3.62. The number of anilines is 2. The Balaban J connectivity index is 2.16. The molecule has 0 aromatic heterocycles. The van der Waals surface area contributed by atoms with E-state index in [0.717, 1.165) is 16.1 Å². The van der Waals surface area contributed by atoms with E-state index in [-0.39, 0.29) is 12.6 Å². The van der Waals surface area contributed by atoms with E-state index in [1.165, 1.54) is 0 Å². The first-order valence-electron chi connectivity index (χ1n) is 8.26. The van der Waals surface area contributed by atoms with Crippen LogP contribution in [-0.4, -0.2) is 33.2 Å². The van der Waals surface area contributed by atoms with Crippen molar-refractivity contribution in [3.05, 3.63) is 54.1 Å². The summed E-state index contributed by atoms with van der Waals surface area (Å²) in [4.78, 5) is 12.3. The van der Waals surface area contributed by atoms with Gasteiger partial charge in [-0.05, 0) is 62.7 Å². The predicted molar refractivity (Wildman–Crippen MR) is 104 cm³/mol. The van der Waals surface area contributed by atoms with Crippen molar-refractivity contribution >= 4 is 27.3 Å². The van der Waals surface area contributed by atoms with Gasteiger partial charge in [0.1, 0.15) is 12.3 Å². The Bertz CT molecular complexity index is 861. The van der Waals surface area contributed by atoms with Crippen LogP contribution in [0.4, 0.5) is 11.4 Å². The number of carbonyl (C=O) groups excluding carboxylic acids is 1. The van der Waals surface area contributed by atoms with Crippen LogP contribution in [0.15, 0.2) is 48.5 Å². The molecule has 0 aliphatic carbocycles. The molecule has 1 N–H and O–H groups in total. The summed E-state index contributed by atoms with van der Waals surface area (Å²) >= 11 is 0. The van der Waals surface area contributed by atoms with Crippen LogP contribution in [0.1, 0.15) is 19.4 Å². The highest BCUT2D eigenvalue weighted by Crippen LogP contribution is 2.22. The molecule has 1 amide bonds. The maximum absolute atomic E-state index is 12.3. The van der Waals surface area contributed by atoms with Gasteiger partial charge in [0.2, 0.25) is 15.9 Å². The fourth-order valence-corrected chi connectivity index (χ4v) is 3.27. The van der Waals surface area contributed by atoms with Crippen molar-refractivity contribution in [1.82, 2.24) is 0 Å². The van der Waals surface area contributed by atoms with E-state index in [1.807, 2.05) is 39.0 Å². The van der Waals surface area contributed by atoms with Crippen molar-refractivity contribution in [3.8, 4) is 5.75 Å². The second kappa shape index (κ2) is 8.23. The van der Waals surface area contributed by atoms with Crippen molar-refractivity contribution < 1.29 is 17.9 Å². The Hall–Kier alpha value is -2.54. The molecular formula is C19H24N2O4S. The second-order valence-corrected chi connectivity index (χ2v) is 8.25. The number of nitrogens with zero attached hydrogens (tertiary/aromatic N) is 1. The third kappa shape index (κ3) is 5.77. The summed E-state index contributed by atoms with van der Waals surface area (Å²) in [6.45, 7) is 5.43. The number of benzene rings is 2. The van der Waals surface area contributed by atoms with Gasteiger partial charge in [0.05, 0.1) is 18.0 Å². The van der Waals surface area contributed by atoms with Crippen LogP contribution >= 0.6 is 0 Å². The number of ether oxygens (including phenoxy) is 1. The molecule has 2 aromatic carbocycles. The summed E-state index contributed by atoms with van der Waals surface area (Å²) in [6, 6.07) is 13.9. The lowest BCUT2D eigenvalue weighted by Crippen LogP contribution is -2.37. The SMILES string of the molecule is Cc1cccc(NC(=O)CN(c2ccc(OC(C)C)cc2)S(C)(=O)=O)c1. The van der Waals surface area contributed by atoms with Gasteiger partial charge in [0.25, 0.3) is 0 Å². The zero-order valence-electron chi connectivity index (χ0n) is 15.4. The summed E-state index contributed by atoms with van der Waals surface area (Å²) < 4.78 is 30.9. The van der Waals surface area contributed by atoms with Crippen LogP contribution in [0.25, 0.3) is 0 Å². The average molecular weight is 376 g/mol. The van der Waals surface area contributed by atoms with Crippen molar-refractivity contribution in [2.24, 2.45) is 0 Å². The van der Waals surface area contributed by atoms with Gasteiger partial charge in [-0.15, -0.1) is 0 Å². The number of hydrogen-bond donors (Lipinski definition) is 1. The first kappa shape index (κ1) is 19.8. The van der Waals surface area contributed by atoms with E-state index in [2.05, 4.69) is 5.32 Å². The highest BCUT2D eigenvalue weighted by Gasteiger charge is 2.21. The number of aryl methyl sites for hydroxylation is 1. The zero-order chi connectivity index (χ0) is 19.3. The third-order valence-electron chi connectivity index (χ3n) is 3.49. The molecule has 0 saturated carbocycles. The first-order chi connectivity index (χ1) is 12.1. The molecule has 0 unspecified atom stereocenters. The minimum absolute atomic E-state index is 0.0203. The maximum atomic E-state index is 12.3. The van der Waals surface area contributed by atoms with E-state index in [9.17, 15) is 13.2 Å². The quantitative estimate of drug-likeness (QED) is 0.805. The largest absolute Gasteiger partial charge is 0.491 e. The third-order valence-corrected chi connectivity index (χ3v) is 4.63. The first-order valence-corrected chi connectivity index (χ1v) is 10.1. The number of hydrogen-bond acceptors (Lipinski definition) is 4. The summed E-state index contributed by atoms with van der Waals surface area (Å²) in [6.07, 6.45) is 1.10. The van der Waals surface area contributed by atoms with E-state index in [4.69, 9.17) is 4.74 Å². The molecule has 0 saturated heterocycles. The lowest BCUT2D eigenvalue weighted by Gasteiger charge is -2.22. The maximum Gasteiger partial charge on any atom is 0.245 e. The molecule has 7 heteroatoms. The van der Waals surface area contributed by atoms with E-state index < -0.39 is 15.9 Å². The average Bonchev–Trinajstić information content (AvgIpc) is 2.52. The minimum atomic E-state index is -3.62. The van der Waals surface area contributed by atoms with Gasteiger partial charge in [0, 0.05) is 5.69 Å². The predicted octanol–water partition coefficient (Wildman–Crippen LogP) is 3.19. The van der Waals surface area contributed by atoms with Crippen LogP contribution in [0, 0.1) is 6.92 Å². The summed E-state index contributed by atoms with van der Waals surface area (Å²) in [5, 5.41) is 2.72. The van der Waals surface area contributed by atoms with Crippen LogP contribution in [0.5, 0.6) is 5.75 Å². The normalized spacial score (nSPS) is 11.3. The minimum Gasteiger partial charge on any atom is -0.491 e. The monoisotopic (exact) mass is 376 g/mol. The number of nitrogens with one attached hydrogen (secondary N) is 1. The van der Waals surface area contributed by atoms with Gasteiger partial charge in [0.15, 0.2) is 0 Å². The lowest BCUT2D eigenvalue weighted by molar-refractivity contribution is -0.114. The Kier molecular flexibility index (Phi) is 6.26. The molecule has 0 spiro atoms. The molecule has 0 aliphatic heterocycles. The van der Waals surface area contributed by atoms with Crippen LogP contribution in [0.3, 0.4) is 0 Å². The smallest absolute Gasteiger partial charge is 0.245 e. The van der Waals surface area contributed by atoms with Crippen molar-refractivity contribution in [1.29, 1.82) is 0 Å². The van der Waals surface area contributed by atoms with E-state index in [1.54, 1.807) is 30.3 Å². The van der Waals surface area contributed by atoms with Gasteiger partial charge in [-0.25, -0.2) is 8.42 Å². The molecule has 26 heavy (non-hydrogen) atoms. The van der Waals surface area contributed by atoms with Crippen LogP contribution < -0.4 is 14.4 Å². The van der Waals surface area contributed by atoms with Crippen molar-refractivity contribution in [2.45, 2.75) is 26.9 Å². The summed E-state index contributed by atoms with van der Waals surface area (Å²) in [5.74, 6) is 0.227. The molecule has 0 aliphatic rings. The highest BCUT2D eigenvalue weighted by atomic mass is 32.2. The molecule has 2 aromatic rings. The Labute approximate surface area is 154 Å². The van der Waals surface area contributed by atoms with Gasteiger partial charge >= 0.3 is 0 Å². The highest BCUT2D eigenvalue weighted by molar-refractivity contribution is 7.92. The van der Waals surface area contributed by atoms with Crippen LogP contribution in [0.2, 0.25) is 0 Å². The Morgan fingerprint density at radius 2 is 1.81 bits per heavy atom. The molecule has 140 valence electrons. The standard InChI is InChI=1S/C19H24N2O4S/c1-14(2)25-18-10-8-17(9-11-18)21(26(4,23)24)13-19(22)20-16-7-5-6-15(3)12-16/h5-12,14H,13H2,1-4H3,(H,20,22). The van der Waals surface area contributed by atoms with Crippen LogP contribution in [-0.2, 0) is 14.8 Å². The van der Waals surface area contributed by atoms with E-state index in [0.29, 0.717) is 17.1 Å². The van der Waals surface area contributed by atoms with Crippen molar-refractivity contribution in [2.75, 3.05) is 22.4 Å². The van der Waals surface area contributed by atoms with Gasteiger partial charge < -0.3 is 10.1 Å². The zero-order valence-corrected chi connectivity index (χ0v) is 16.2. The fourth-order valence-electron chi connectivity index (χ4n) is 2.42. The molecule has 2 rings (SSSR count). The number of carbonyl (C=O) groups is 1. The van der Waals surface area contributed by atoms with Gasteiger partial charge in [-0.2, -0.15) is 0 Å². The second-order valence-electron chi connectivity index (χ2n) is 6.35. The Morgan fingerprint density at radius 3 is 2.35 bits per heavy atom. The molecule has 6 nitrogen and oxygen atoms in total. The molecule has 0 heterocycles. The molecular weight excluding hydrogens is 352 g/mol.